The molecule has 3 rings (SSSR count). The number of para-hydroxylation sites is 1. The van der Waals surface area contributed by atoms with E-state index in [1.807, 2.05) is 58.2 Å². The van der Waals surface area contributed by atoms with Crippen molar-refractivity contribution in [2.45, 2.75) is 39.3 Å². The van der Waals surface area contributed by atoms with E-state index in [1.165, 1.54) is 0 Å². The van der Waals surface area contributed by atoms with Crippen molar-refractivity contribution in [1.82, 2.24) is 9.88 Å². The Kier molecular flexibility index (Phi) is 6.36. The highest BCUT2D eigenvalue weighted by Gasteiger charge is 2.31. The zero-order chi connectivity index (χ0) is 21.2. The van der Waals surface area contributed by atoms with E-state index < -0.39 is 5.60 Å². The highest BCUT2D eigenvalue weighted by molar-refractivity contribution is 9.10. The molecule has 1 aromatic carbocycles. The number of carbonyl (C=O) groups is 1. The van der Waals surface area contributed by atoms with Gasteiger partial charge in [-0.15, -0.1) is 0 Å². The first-order valence-corrected chi connectivity index (χ1v) is 10.5. The number of amides is 1. The molecule has 2 aromatic rings. The summed E-state index contributed by atoms with van der Waals surface area (Å²) in [7, 11) is 1.67. The summed E-state index contributed by atoms with van der Waals surface area (Å²) in [5.41, 5.74) is 1.55. The molecule has 6 nitrogen and oxygen atoms in total. The molecule has 1 aliphatic heterocycles. The van der Waals surface area contributed by atoms with Crippen molar-refractivity contribution < 1.29 is 14.3 Å². The normalized spacial score (nSPS) is 17.2. The highest BCUT2D eigenvalue weighted by atomic mass is 79.9. The Balaban J connectivity index is 1.78. The van der Waals surface area contributed by atoms with E-state index in [2.05, 4.69) is 31.9 Å². The van der Waals surface area contributed by atoms with Gasteiger partial charge in [0.05, 0.1) is 11.6 Å². The number of ether oxygens (including phenoxy) is 2. The van der Waals surface area contributed by atoms with E-state index >= 15 is 0 Å². The first-order valence-electron chi connectivity index (χ1n) is 9.73. The number of hydrogen-bond acceptors (Lipinski definition) is 5. The number of halogens is 1. The molecule has 1 fully saturated rings. The maximum absolute atomic E-state index is 12.5. The van der Waals surface area contributed by atoms with Gasteiger partial charge < -0.3 is 19.3 Å². The number of pyridine rings is 1. The first-order chi connectivity index (χ1) is 13.7. The Bertz CT molecular complexity index is 882. The van der Waals surface area contributed by atoms with Crippen molar-refractivity contribution in [2.75, 3.05) is 31.6 Å². The first kappa shape index (κ1) is 21.4. The van der Waals surface area contributed by atoms with E-state index in [0.717, 1.165) is 27.2 Å². The van der Waals surface area contributed by atoms with Crippen LogP contribution in [0.1, 0.15) is 27.7 Å². The van der Waals surface area contributed by atoms with Gasteiger partial charge in [0, 0.05) is 37.4 Å². The monoisotopic (exact) mass is 461 g/mol. The van der Waals surface area contributed by atoms with Crippen LogP contribution in [0.3, 0.4) is 0 Å². The summed E-state index contributed by atoms with van der Waals surface area (Å²) < 4.78 is 12.0. The van der Waals surface area contributed by atoms with Gasteiger partial charge in [-0.25, -0.2) is 9.78 Å². The number of aromatic nitrogens is 1. The molecule has 0 bridgehead atoms. The van der Waals surface area contributed by atoms with Crippen LogP contribution >= 0.6 is 15.9 Å². The van der Waals surface area contributed by atoms with Crippen molar-refractivity contribution in [3.8, 4) is 16.9 Å². The molecule has 0 spiro atoms. The van der Waals surface area contributed by atoms with E-state index in [9.17, 15) is 4.79 Å². The summed E-state index contributed by atoms with van der Waals surface area (Å²) >= 11 is 3.55. The Morgan fingerprint density at radius 3 is 2.66 bits per heavy atom. The lowest BCUT2D eigenvalue weighted by Gasteiger charge is -2.40. The largest absolute Gasteiger partial charge is 0.495 e. The van der Waals surface area contributed by atoms with Crippen LogP contribution in [0.2, 0.25) is 0 Å². The van der Waals surface area contributed by atoms with Gasteiger partial charge in [-0.2, -0.15) is 0 Å². The van der Waals surface area contributed by atoms with Crippen molar-refractivity contribution in [2.24, 2.45) is 0 Å². The van der Waals surface area contributed by atoms with Gasteiger partial charge >= 0.3 is 6.09 Å². The Morgan fingerprint density at radius 1 is 1.24 bits per heavy atom. The van der Waals surface area contributed by atoms with Crippen molar-refractivity contribution >= 4 is 27.8 Å². The van der Waals surface area contributed by atoms with Crippen LogP contribution in [0.15, 0.2) is 41.0 Å². The van der Waals surface area contributed by atoms with Gasteiger partial charge in [0.25, 0.3) is 0 Å². The van der Waals surface area contributed by atoms with Gasteiger partial charge in [-0.1, -0.05) is 12.1 Å². The second kappa shape index (κ2) is 8.61. The fraction of sp³-hybridized carbons (Fsp3) is 0.455. The predicted molar refractivity (Wildman–Crippen MR) is 119 cm³/mol. The minimum Gasteiger partial charge on any atom is -0.495 e. The molecular weight excluding hydrogens is 434 g/mol. The maximum Gasteiger partial charge on any atom is 0.410 e. The second-order valence-corrected chi connectivity index (χ2v) is 9.05. The lowest BCUT2D eigenvalue weighted by atomic mass is 10.1. The van der Waals surface area contributed by atoms with Crippen LogP contribution in [0.25, 0.3) is 11.1 Å². The molecule has 1 aromatic heterocycles. The third kappa shape index (κ3) is 5.01. The van der Waals surface area contributed by atoms with E-state index in [4.69, 9.17) is 9.47 Å². The summed E-state index contributed by atoms with van der Waals surface area (Å²) in [5, 5.41) is 0. The molecule has 1 amide bonds. The maximum atomic E-state index is 12.5. The van der Waals surface area contributed by atoms with Crippen LogP contribution < -0.4 is 9.64 Å². The van der Waals surface area contributed by atoms with E-state index in [-0.39, 0.29) is 12.1 Å². The van der Waals surface area contributed by atoms with E-state index in [1.54, 1.807) is 12.0 Å². The minimum absolute atomic E-state index is 0.0319. The topological polar surface area (TPSA) is 54.9 Å². The van der Waals surface area contributed by atoms with Crippen LogP contribution in [-0.2, 0) is 4.74 Å². The quantitative estimate of drug-likeness (QED) is 0.645. The van der Waals surface area contributed by atoms with E-state index in [0.29, 0.717) is 19.6 Å². The molecule has 29 heavy (non-hydrogen) atoms. The molecule has 1 unspecified atom stereocenters. The van der Waals surface area contributed by atoms with Crippen LogP contribution in [0.5, 0.6) is 5.75 Å². The van der Waals surface area contributed by atoms with Gasteiger partial charge in [0.1, 0.15) is 17.2 Å². The summed E-state index contributed by atoms with van der Waals surface area (Å²) in [6, 6.07) is 10.1. The lowest BCUT2D eigenvalue weighted by molar-refractivity contribution is 0.0158. The van der Waals surface area contributed by atoms with Crippen LogP contribution in [0.4, 0.5) is 10.6 Å². The molecule has 1 aliphatic rings. The zero-order valence-corrected chi connectivity index (χ0v) is 19.2. The molecule has 0 N–H and O–H groups in total. The molecule has 1 atom stereocenters. The summed E-state index contributed by atoms with van der Waals surface area (Å²) in [6.07, 6.45) is 1.56. The number of piperazine rings is 1. The van der Waals surface area contributed by atoms with Gasteiger partial charge in [-0.3, -0.25) is 0 Å². The second-order valence-electron chi connectivity index (χ2n) is 8.19. The van der Waals surface area contributed by atoms with Crippen LogP contribution in [0, 0.1) is 0 Å². The standard InChI is InChI=1S/C22H28BrN3O3/c1-15-14-25(11-12-26(15)21(27)29-22(2,3)4)19-13-16(9-10-24-19)17-7-6-8-18(23)20(17)28-5/h6-10,13,15H,11-12,14H2,1-5H3. The number of rotatable bonds is 3. The smallest absolute Gasteiger partial charge is 0.410 e. The number of benzene rings is 1. The SMILES string of the molecule is COc1c(Br)cccc1-c1ccnc(N2CCN(C(=O)OC(C)(C)C)C(C)C2)c1. The highest BCUT2D eigenvalue weighted by Crippen LogP contribution is 2.37. The van der Waals surface area contributed by atoms with Crippen molar-refractivity contribution in [3.05, 3.63) is 41.0 Å². The third-order valence-electron chi connectivity index (χ3n) is 4.81. The zero-order valence-electron chi connectivity index (χ0n) is 17.6. The number of methoxy groups -OCH3 is 1. The van der Waals surface area contributed by atoms with Crippen molar-refractivity contribution in [1.29, 1.82) is 0 Å². The fourth-order valence-electron chi connectivity index (χ4n) is 3.46. The Morgan fingerprint density at radius 2 is 2.00 bits per heavy atom. The molecule has 0 aliphatic carbocycles. The lowest BCUT2D eigenvalue weighted by Crippen LogP contribution is -2.55. The molecule has 156 valence electrons. The molecular formula is C22H28BrN3O3. The van der Waals surface area contributed by atoms with Crippen LogP contribution in [-0.4, -0.2) is 54.4 Å². The Labute approximate surface area is 180 Å². The number of carbonyl (C=O) groups excluding carboxylic acids is 1. The van der Waals surface area contributed by atoms with Gasteiger partial charge in [0.15, 0.2) is 0 Å². The predicted octanol–water partition coefficient (Wildman–Crippen LogP) is 4.97. The average molecular weight is 462 g/mol. The Hall–Kier alpha value is -2.28. The summed E-state index contributed by atoms with van der Waals surface area (Å²) in [4.78, 5) is 21.0. The molecule has 7 heteroatoms. The fourth-order valence-corrected chi connectivity index (χ4v) is 3.99. The molecule has 2 heterocycles. The molecule has 1 saturated heterocycles. The van der Waals surface area contributed by atoms with Gasteiger partial charge in [-0.05, 0) is 67.4 Å². The van der Waals surface area contributed by atoms with Gasteiger partial charge in [0.2, 0.25) is 0 Å². The number of nitrogens with zero attached hydrogens (tertiary/aromatic N) is 3. The third-order valence-corrected chi connectivity index (χ3v) is 5.43. The minimum atomic E-state index is -0.493. The average Bonchev–Trinajstić information content (AvgIpc) is 2.66. The van der Waals surface area contributed by atoms with Crippen molar-refractivity contribution in [3.63, 3.8) is 0 Å². The summed E-state index contributed by atoms with van der Waals surface area (Å²) in [6.45, 7) is 9.70. The number of hydrogen-bond donors (Lipinski definition) is 0. The molecule has 0 radical (unpaired) electrons. The summed E-state index contributed by atoms with van der Waals surface area (Å²) in [5.74, 6) is 1.69. The molecule has 0 saturated carbocycles. The number of anilines is 1.